The summed E-state index contributed by atoms with van der Waals surface area (Å²) in [4.78, 5) is 4.39. The number of nitrogens with zero attached hydrogens (tertiary/aromatic N) is 2. The van der Waals surface area contributed by atoms with E-state index < -0.39 is 0 Å². The lowest BCUT2D eigenvalue weighted by Crippen LogP contribution is -2.24. The van der Waals surface area contributed by atoms with Crippen molar-refractivity contribution in [3.63, 3.8) is 0 Å². The number of methoxy groups -OCH3 is 1. The van der Waals surface area contributed by atoms with E-state index in [1.165, 1.54) is 0 Å². The molecule has 0 bridgehead atoms. The molecule has 2 atom stereocenters. The van der Waals surface area contributed by atoms with Crippen molar-refractivity contribution in [2.45, 2.75) is 38.7 Å². The maximum Gasteiger partial charge on any atom is 0.229 e. The highest BCUT2D eigenvalue weighted by molar-refractivity contribution is 5.14. The summed E-state index contributed by atoms with van der Waals surface area (Å²) in [6, 6.07) is 0. The van der Waals surface area contributed by atoms with Gasteiger partial charge in [0.1, 0.15) is 0 Å². The van der Waals surface area contributed by atoms with Gasteiger partial charge in [-0.15, -0.1) is 0 Å². The van der Waals surface area contributed by atoms with Gasteiger partial charge >= 0.3 is 0 Å². The average molecular weight is 225 g/mol. The van der Waals surface area contributed by atoms with Crippen LogP contribution < -0.4 is 5.73 Å². The molecule has 0 saturated heterocycles. The second kappa shape index (κ2) is 4.14. The Kier molecular flexibility index (Phi) is 2.99. The second-order valence-electron chi connectivity index (χ2n) is 5.09. The quantitative estimate of drug-likeness (QED) is 0.812. The molecule has 16 heavy (non-hydrogen) atoms. The van der Waals surface area contributed by atoms with E-state index >= 15 is 0 Å². The largest absolute Gasteiger partial charge is 0.380 e. The minimum absolute atomic E-state index is 0.0412. The van der Waals surface area contributed by atoms with Gasteiger partial charge in [0, 0.05) is 19.6 Å². The molecule has 1 aromatic heterocycles. The van der Waals surface area contributed by atoms with Crippen LogP contribution in [0.15, 0.2) is 4.52 Å². The molecule has 0 radical (unpaired) electrons. The van der Waals surface area contributed by atoms with E-state index in [0.717, 1.165) is 12.2 Å². The van der Waals surface area contributed by atoms with Crippen molar-refractivity contribution < 1.29 is 9.26 Å². The van der Waals surface area contributed by atoms with Gasteiger partial charge in [0.05, 0.1) is 12.5 Å². The van der Waals surface area contributed by atoms with Crippen molar-refractivity contribution in [1.29, 1.82) is 0 Å². The van der Waals surface area contributed by atoms with Gasteiger partial charge in [-0.05, 0) is 11.8 Å². The molecular weight excluding hydrogens is 206 g/mol. The number of nitrogens with two attached hydrogens (primary N) is 1. The number of hydrogen-bond acceptors (Lipinski definition) is 5. The van der Waals surface area contributed by atoms with Crippen LogP contribution >= 0.6 is 0 Å². The fourth-order valence-corrected chi connectivity index (χ4v) is 1.86. The SMILES string of the molecule is COC(CN)Cc1nc(C2CC2(C)C)no1. The van der Waals surface area contributed by atoms with E-state index in [-0.39, 0.29) is 6.10 Å². The Morgan fingerprint density at radius 2 is 2.31 bits per heavy atom. The minimum Gasteiger partial charge on any atom is -0.380 e. The average Bonchev–Trinajstić information content (AvgIpc) is 2.71. The Labute approximate surface area is 95.3 Å². The Morgan fingerprint density at radius 1 is 1.62 bits per heavy atom. The van der Waals surface area contributed by atoms with Crippen molar-refractivity contribution in [2.24, 2.45) is 11.1 Å². The zero-order valence-electron chi connectivity index (χ0n) is 10.1. The predicted octanol–water partition coefficient (Wildman–Crippen LogP) is 1.10. The van der Waals surface area contributed by atoms with Gasteiger partial charge in [0.25, 0.3) is 0 Å². The third-order valence-corrected chi connectivity index (χ3v) is 3.31. The van der Waals surface area contributed by atoms with E-state index in [1.807, 2.05) is 0 Å². The normalized spacial score (nSPS) is 24.4. The molecule has 2 unspecified atom stereocenters. The van der Waals surface area contributed by atoms with Crippen molar-refractivity contribution in [3.05, 3.63) is 11.7 Å². The van der Waals surface area contributed by atoms with Crippen LogP contribution in [0.4, 0.5) is 0 Å². The van der Waals surface area contributed by atoms with Crippen molar-refractivity contribution >= 4 is 0 Å². The first-order chi connectivity index (χ1) is 7.56. The molecule has 0 aliphatic heterocycles. The zero-order chi connectivity index (χ0) is 11.8. The van der Waals surface area contributed by atoms with Crippen LogP contribution in [0.3, 0.4) is 0 Å². The van der Waals surface area contributed by atoms with Gasteiger partial charge < -0.3 is 15.0 Å². The highest BCUT2D eigenvalue weighted by Crippen LogP contribution is 2.57. The van der Waals surface area contributed by atoms with E-state index in [9.17, 15) is 0 Å². The first kappa shape index (κ1) is 11.5. The van der Waals surface area contributed by atoms with Crippen molar-refractivity contribution in [2.75, 3.05) is 13.7 Å². The fraction of sp³-hybridized carbons (Fsp3) is 0.818. The lowest BCUT2D eigenvalue weighted by molar-refractivity contribution is 0.102. The van der Waals surface area contributed by atoms with Crippen LogP contribution in [-0.2, 0) is 11.2 Å². The van der Waals surface area contributed by atoms with Crippen LogP contribution in [0, 0.1) is 5.41 Å². The first-order valence-corrected chi connectivity index (χ1v) is 5.62. The zero-order valence-corrected chi connectivity index (χ0v) is 10.1. The highest BCUT2D eigenvalue weighted by atomic mass is 16.5. The Balaban J connectivity index is 1.98. The van der Waals surface area contributed by atoms with E-state index in [4.69, 9.17) is 15.0 Å². The smallest absolute Gasteiger partial charge is 0.229 e. The maximum atomic E-state index is 5.54. The molecule has 5 nitrogen and oxygen atoms in total. The minimum atomic E-state index is -0.0412. The summed E-state index contributed by atoms with van der Waals surface area (Å²) in [5.41, 5.74) is 5.87. The third-order valence-electron chi connectivity index (χ3n) is 3.31. The molecular formula is C11H19N3O2. The Hall–Kier alpha value is -0.940. The lowest BCUT2D eigenvalue weighted by Gasteiger charge is -2.08. The summed E-state index contributed by atoms with van der Waals surface area (Å²) in [6.45, 7) is 4.89. The fourth-order valence-electron chi connectivity index (χ4n) is 1.86. The Morgan fingerprint density at radius 3 is 2.81 bits per heavy atom. The van der Waals surface area contributed by atoms with E-state index in [2.05, 4.69) is 24.0 Å². The van der Waals surface area contributed by atoms with Crippen LogP contribution in [0.2, 0.25) is 0 Å². The number of hydrogen-bond donors (Lipinski definition) is 1. The standard InChI is InChI=1S/C11H19N3O2/c1-11(2)5-8(11)10-13-9(16-14-10)4-7(6-12)15-3/h7-8H,4-6,12H2,1-3H3. The van der Waals surface area contributed by atoms with Gasteiger partial charge in [-0.3, -0.25) is 0 Å². The summed E-state index contributed by atoms with van der Waals surface area (Å²) >= 11 is 0. The molecule has 1 aromatic rings. The van der Waals surface area contributed by atoms with Crippen LogP contribution in [0.5, 0.6) is 0 Å². The Bertz CT molecular complexity index is 358. The molecule has 1 heterocycles. The topological polar surface area (TPSA) is 74.2 Å². The predicted molar refractivity (Wildman–Crippen MR) is 59.0 cm³/mol. The summed E-state index contributed by atoms with van der Waals surface area (Å²) in [7, 11) is 1.64. The molecule has 90 valence electrons. The molecule has 0 spiro atoms. The molecule has 2 rings (SSSR count). The van der Waals surface area contributed by atoms with Crippen LogP contribution in [-0.4, -0.2) is 29.9 Å². The molecule has 1 aliphatic rings. The molecule has 5 heteroatoms. The molecule has 0 amide bonds. The van der Waals surface area contributed by atoms with E-state index in [0.29, 0.717) is 30.2 Å². The highest BCUT2D eigenvalue weighted by Gasteiger charge is 2.49. The third kappa shape index (κ3) is 2.25. The number of ether oxygens (including phenoxy) is 1. The van der Waals surface area contributed by atoms with Crippen LogP contribution in [0.25, 0.3) is 0 Å². The molecule has 0 aromatic carbocycles. The van der Waals surface area contributed by atoms with Gasteiger partial charge in [-0.1, -0.05) is 19.0 Å². The number of rotatable bonds is 5. The van der Waals surface area contributed by atoms with Crippen LogP contribution in [0.1, 0.15) is 37.9 Å². The molecule has 1 aliphatic carbocycles. The van der Waals surface area contributed by atoms with Gasteiger partial charge in [-0.25, -0.2) is 0 Å². The second-order valence-corrected chi connectivity index (χ2v) is 5.09. The van der Waals surface area contributed by atoms with Gasteiger partial charge in [0.15, 0.2) is 5.82 Å². The summed E-state index contributed by atoms with van der Waals surface area (Å²) in [6.07, 6.45) is 1.68. The van der Waals surface area contributed by atoms with E-state index in [1.54, 1.807) is 7.11 Å². The number of aromatic nitrogens is 2. The lowest BCUT2D eigenvalue weighted by atomic mass is 10.1. The molecule has 1 fully saturated rings. The maximum absolute atomic E-state index is 5.54. The van der Waals surface area contributed by atoms with Gasteiger partial charge in [-0.2, -0.15) is 4.98 Å². The summed E-state index contributed by atoms with van der Waals surface area (Å²) in [5, 5.41) is 4.01. The molecule has 2 N–H and O–H groups in total. The van der Waals surface area contributed by atoms with Gasteiger partial charge in [0.2, 0.25) is 5.89 Å². The molecule has 1 saturated carbocycles. The first-order valence-electron chi connectivity index (χ1n) is 5.62. The summed E-state index contributed by atoms with van der Waals surface area (Å²) in [5.74, 6) is 1.89. The van der Waals surface area contributed by atoms with Crippen molar-refractivity contribution in [1.82, 2.24) is 10.1 Å². The summed E-state index contributed by atoms with van der Waals surface area (Å²) < 4.78 is 10.4. The van der Waals surface area contributed by atoms with Crippen molar-refractivity contribution in [3.8, 4) is 0 Å². The monoisotopic (exact) mass is 225 g/mol.